The molecule has 0 fully saturated rings. The first-order valence-corrected chi connectivity index (χ1v) is 5.81. The molecule has 5 nitrogen and oxygen atoms in total. The summed E-state index contributed by atoms with van der Waals surface area (Å²) in [6, 6.07) is 1.66. The molecule has 1 atom stereocenters. The van der Waals surface area contributed by atoms with Gasteiger partial charge in [-0.25, -0.2) is 8.78 Å². The molecular formula is C13H13F2NO4. The highest BCUT2D eigenvalue weighted by molar-refractivity contribution is 5.98. The van der Waals surface area contributed by atoms with Crippen LogP contribution in [0.3, 0.4) is 0 Å². The number of rotatable bonds is 6. The van der Waals surface area contributed by atoms with Gasteiger partial charge < -0.3 is 10.4 Å². The molecule has 1 aromatic carbocycles. The molecule has 0 radical (unpaired) electrons. The van der Waals surface area contributed by atoms with Crippen molar-refractivity contribution in [3.05, 3.63) is 35.4 Å². The first-order valence-electron chi connectivity index (χ1n) is 5.81. The van der Waals surface area contributed by atoms with Gasteiger partial charge in [-0.15, -0.1) is 0 Å². The molecule has 0 spiro atoms. The average molecular weight is 285 g/mol. The molecule has 1 rings (SSSR count). The maximum absolute atomic E-state index is 12.9. The number of aliphatic carboxylic acids is 1. The fraction of sp³-hybridized carbons (Fsp3) is 0.308. The predicted molar refractivity (Wildman–Crippen MR) is 65.2 cm³/mol. The van der Waals surface area contributed by atoms with Crippen molar-refractivity contribution in [2.45, 2.75) is 25.8 Å². The van der Waals surface area contributed by atoms with Gasteiger partial charge in [-0.1, -0.05) is 0 Å². The van der Waals surface area contributed by atoms with Gasteiger partial charge in [0.1, 0.15) is 6.04 Å². The van der Waals surface area contributed by atoms with E-state index in [0.29, 0.717) is 0 Å². The zero-order valence-corrected chi connectivity index (χ0v) is 10.7. The van der Waals surface area contributed by atoms with Crippen molar-refractivity contribution in [2.75, 3.05) is 0 Å². The van der Waals surface area contributed by atoms with Crippen molar-refractivity contribution in [2.24, 2.45) is 0 Å². The van der Waals surface area contributed by atoms with Crippen LogP contribution in [0.5, 0.6) is 0 Å². The van der Waals surface area contributed by atoms with Crippen LogP contribution < -0.4 is 5.32 Å². The summed E-state index contributed by atoms with van der Waals surface area (Å²) in [6.07, 6.45) is -0.446. The second-order valence-electron chi connectivity index (χ2n) is 4.18. The van der Waals surface area contributed by atoms with Crippen molar-refractivity contribution < 1.29 is 28.3 Å². The number of benzene rings is 1. The van der Waals surface area contributed by atoms with Crippen LogP contribution in [0, 0.1) is 11.6 Å². The molecule has 0 aromatic heterocycles. The maximum atomic E-state index is 12.9. The standard InChI is InChI=1S/C13H13F2NO4/c1-7(13(19)20)16-12(18)5-4-11(17)8-2-3-9(14)10(15)6-8/h2-3,6-7H,4-5H2,1H3,(H,16,18)(H,19,20). The summed E-state index contributed by atoms with van der Waals surface area (Å²) in [4.78, 5) is 33.5. The molecule has 0 bridgehead atoms. The monoisotopic (exact) mass is 285 g/mol. The van der Waals surface area contributed by atoms with Gasteiger partial charge in [0.05, 0.1) is 0 Å². The third kappa shape index (κ3) is 4.42. The summed E-state index contributed by atoms with van der Waals surface area (Å²) < 4.78 is 25.6. The molecule has 1 unspecified atom stereocenters. The van der Waals surface area contributed by atoms with Crippen molar-refractivity contribution in [3.63, 3.8) is 0 Å². The van der Waals surface area contributed by atoms with Gasteiger partial charge in [0.2, 0.25) is 5.91 Å². The molecule has 0 heterocycles. The fourth-order valence-electron chi connectivity index (χ4n) is 1.42. The minimum absolute atomic E-state index is 0.0389. The van der Waals surface area contributed by atoms with Crippen molar-refractivity contribution in [1.82, 2.24) is 5.32 Å². The van der Waals surface area contributed by atoms with Crippen LogP contribution in [0.15, 0.2) is 18.2 Å². The number of carboxylic acids is 1. The van der Waals surface area contributed by atoms with Gasteiger partial charge in [-0.3, -0.25) is 14.4 Å². The number of hydrogen-bond donors (Lipinski definition) is 2. The summed E-state index contributed by atoms with van der Waals surface area (Å²) in [5.74, 6) is -4.52. The summed E-state index contributed by atoms with van der Waals surface area (Å²) in [5, 5.41) is 10.8. The normalized spacial score (nSPS) is 11.8. The smallest absolute Gasteiger partial charge is 0.325 e. The van der Waals surface area contributed by atoms with E-state index in [1.165, 1.54) is 6.92 Å². The third-order valence-electron chi connectivity index (χ3n) is 2.57. The molecule has 20 heavy (non-hydrogen) atoms. The van der Waals surface area contributed by atoms with Crippen LogP contribution in [0.4, 0.5) is 8.78 Å². The van der Waals surface area contributed by atoms with Gasteiger partial charge in [0.25, 0.3) is 0 Å². The number of carboxylic acid groups (broad SMARTS) is 1. The summed E-state index contributed by atoms with van der Waals surface area (Å²) >= 11 is 0. The van der Waals surface area contributed by atoms with E-state index >= 15 is 0 Å². The Labute approximate surface area is 113 Å². The Bertz CT molecular complexity index is 545. The molecule has 1 aromatic rings. The largest absolute Gasteiger partial charge is 0.480 e. The fourth-order valence-corrected chi connectivity index (χ4v) is 1.42. The lowest BCUT2D eigenvalue weighted by Gasteiger charge is -2.08. The van der Waals surface area contributed by atoms with Crippen molar-refractivity contribution >= 4 is 17.7 Å². The van der Waals surface area contributed by atoms with E-state index in [4.69, 9.17) is 5.11 Å². The predicted octanol–water partition coefficient (Wildman–Crippen LogP) is 1.52. The summed E-state index contributed by atoms with van der Waals surface area (Å²) in [6.45, 7) is 1.29. The number of halogens is 2. The highest BCUT2D eigenvalue weighted by Gasteiger charge is 2.16. The van der Waals surface area contributed by atoms with Gasteiger partial charge in [0, 0.05) is 18.4 Å². The highest BCUT2D eigenvalue weighted by Crippen LogP contribution is 2.11. The van der Waals surface area contributed by atoms with E-state index < -0.39 is 35.3 Å². The molecule has 0 aliphatic carbocycles. The molecule has 0 saturated carbocycles. The number of ketones is 1. The Morgan fingerprint density at radius 1 is 1.20 bits per heavy atom. The van der Waals surface area contributed by atoms with Crippen molar-refractivity contribution in [3.8, 4) is 0 Å². The molecule has 2 N–H and O–H groups in total. The highest BCUT2D eigenvalue weighted by atomic mass is 19.2. The number of carbonyl (C=O) groups is 3. The number of nitrogens with one attached hydrogen (secondary N) is 1. The number of amides is 1. The Balaban J connectivity index is 2.53. The van der Waals surface area contributed by atoms with E-state index in [-0.39, 0.29) is 18.4 Å². The van der Waals surface area contributed by atoms with Crippen LogP contribution in [0.2, 0.25) is 0 Å². The Kier molecular flexibility index (Phi) is 5.31. The number of Topliss-reactive ketones (excluding diaryl/α,β-unsaturated/α-hetero) is 1. The van der Waals surface area contributed by atoms with Gasteiger partial charge in [-0.2, -0.15) is 0 Å². The van der Waals surface area contributed by atoms with Crippen molar-refractivity contribution in [1.29, 1.82) is 0 Å². The van der Waals surface area contributed by atoms with E-state index in [2.05, 4.69) is 5.32 Å². The van der Waals surface area contributed by atoms with E-state index in [0.717, 1.165) is 18.2 Å². The van der Waals surface area contributed by atoms with E-state index in [1.807, 2.05) is 0 Å². The van der Waals surface area contributed by atoms with E-state index in [1.54, 1.807) is 0 Å². The summed E-state index contributed by atoms with van der Waals surface area (Å²) in [7, 11) is 0. The van der Waals surface area contributed by atoms with Crippen LogP contribution in [-0.4, -0.2) is 28.8 Å². The Morgan fingerprint density at radius 2 is 1.85 bits per heavy atom. The molecule has 7 heteroatoms. The molecule has 0 aliphatic heterocycles. The molecule has 1 amide bonds. The topological polar surface area (TPSA) is 83.5 Å². The number of hydrogen-bond acceptors (Lipinski definition) is 3. The number of carbonyl (C=O) groups excluding carboxylic acids is 2. The lowest BCUT2D eigenvalue weighted by molar-refractivity contribution is -0.141. The van der Waals surface area contributed by atoms with Crippen LogP contribution in [-0.2, 0) is 9.59 Å². The quantitative estimate of drug-likeness (QED) is 0.776. The lowest BCUT2D eigenvalue weighted by atomic mass is 10.1. The lowest BCUT2D eigenvalue weighted by Crippen LogP contribution is -2.38. The molecule has 0 aliphatic rings. The second kappa shape index (κ2) is 6.74. The van der Waals surface area contributed by atoms with Crippen LogP contribution in [0.1, 0.15) is 30.1 Å². The maximum Gasteiger partial charge on any atom is 0.325 e. The molecule has 0 saturated heterocycles. The average Bonchev–Trinajstić information content (AvgIpc) is 2.39. The van der Waals surface area contributed by atoms with Crippen LogP contribution >= 0.6 is 0 Å². The zero-order valence-electron chi connectivity index (χ0n) is 10.7. The Morgan fingerprint density at radius 3 is 2.40 bits per heavy atom. The van der Waals surface area contributed by atoms with Gasteiger partial charge >= 0.3 is 5.97 Å². The third-order valence-corrected chi connectivity index (χ3v) is 2.57. The first kappa shape index (κ1) is 15.7. The Hall–Kier alpha value is -2.31. The second-order valence-corrected chi connectivity index (χ2v) is 4.18. The SMILES string of the molecule is CC(NC(=O)CCC(=O)c1ccc(F)c(F)c1)C(=O)O. The first-order chi connectivity index (χ1) is 9.31. The molecule has 108 valence electrons. The zero-order chi connectivity index (χ0) is 15.3. The minimum Gasteiger partial charge on any atom is -0.480 e. The molecular weight excluding hydrogens is 272 g/mol. The minimum atomic E-state index is -1.19. The van der Waals surface area contributed by atoms with E-state index in [9.17, 15) is 23.2 Å². The van der Waals surface area contributed by atoms with Crippen LogP contribution in [0.25, 0.3) is 0 Å². The summed E-state index contributed by atoms with van der Waals surface area (Å²) in [5.41, 5.74) is -0.0389. The van der Waals surface area contributed by atoms with Gasteiger partial charge in [0.15, 0.2) is 17.4 Å². The van der Waals surface area contributed by atoms with Gasteiger partial charge in [-0.05, 0) is 25.1 Å².